The quantitative estimate of drug-likeness (QED) is 0.0163. The van der Waals surface area contributed by atoms with E-state index in [9.17, 15) is 0 Å². The van der Waals surface area contributed by atoms with Crippen LogP contribution >= 0.6 is 0 Å². The Kier molecular flexibility index (Phi) is 29.5. The average Bonchev–Trinajstić information content (AvgIpc) is 3.53. The van der Waals surface area contributed by atoms with E-state index in [1.165, 1.54) is 0 Å². The zero-order valence-electron chi connectivity index (χ0n) is 48.4. The summed E-state index contributed by atoms with van der Waals surface area (Å²) in [5.74, 6) is 8.29. The molecule has 37 heteroatoms. The van der Waals surface area contributed by atoms with Crippen LogP contribution in [0.1, 0.15) is 73.5 Å². The van der Waals surface area contributed by atoms with Gasteiger partial charge in [0.05, 0.1) is 0 Å². The maximum atomic E-state index is 5.89. The Morgan fingerprint density at radius 2 is 0.588 bits per heavy atom. The topological polar surface area (TPSA) is 576 Å². The molecule has 0 spiro atoms. The smallest absolute Gasteiger partial charge is 0.249 e. The molecular weight excluding hydrogens is 1090 g/mol. The van der Waals surface area contributed by atoms with Gasteiger partial charge in [-0.05, 0) is 45.1 Å². The number of hydrogen-bond donors (Lipinski definition) is 19. The standard InChI is InChI=1S/C48H87N37/c49-13-1-7-32-70-39(81-44(71-32)63-26-15-51)58-21-3-9-34-73-41(83-46(77-34)65-28-17-53)60-23-5-11-36-75-43(85-48(79-36)67-30-19-55)61-24-6-12-35-74-42(84-47(78-35)66-29-18-54)59-22-4-10-33-72-40(82-45(76-33)64-27-16-52)57-20-2-8-31-68-37(56)80-38(69-31)62-25-14-50/h1-30,49-55H2,(H3,56,62,68,69,80)(H2,57,64,72,76,82)(H2,58,63,70,71,81)(H2,59,66,74,78,84)(H2,60,65,73,77,83)(H2,61,67,75,79,85). The van der Waals surface area contributed by atoms with Crippen LogP contribution in [0.25, 0.3) is 0 Å². The van der Waals surface area contributed by atoms with Crippen LogP contribution in [0.3, 0.4) is 0 Å². The van der Waals surface area contributed by atoms with Crippen molar-refractivity contribution >= 4 is 65.4 Å². The molecule has 6 aromatic rings. The lowest BCUT2D eigenvalue weighted by Gasteiger charge is -2.11. The van der Waals surface area contributed by atoms with Crippen LogP contribution in [0, 0.1) is 0 Å². The molecule has 0 aliphatic carbocycles. The normalized spacial score (nSPS) is 11.4. The number of anilines is 11. The second-order valence-electron chi connectivity index (χ2n) is 18.8. The number of nitrogens with zero attached hydrogens (tertiary/aromatic N) is 18. The second kappa shape index (κ2) is 38.3. The minimum absolute atomic E-state index is 0.142. The van der Waals surface area contributed by atoms with Crippen molar-refractivity contribution in [1.82, 2.24) is 89.7 Å². The summed E-state index contributed by atoms with van der Waals surface area (Å²) in [6.45, 7) is 8.72. The van der Waals surface area contributed by atoms with E-state index in [0.717, 1.165) is 6.42 Å². The molecular formula is C48H87N37. The van der Waals surface area contributed by atoms with Gasteiger partial charge in [0.15, 0.2) is 0 Å². The zero-order valence-corrected chi connectivity index (χ0v) is 48.4. The fourth-order valence-electron chi connectivity index (χ4n) is 7.68. The van der Waals surface area contributed by atoms with Gasteiger partial charge in [-0.15, -0.1) is 0 Å². The van der Waals surface area contributed by atoms with Crippen molar-refractivity contribution < 1.29 is 0 Å². The molecule has 6 heterocycles. The minimum Gasteiger partial charge on any atom is -0.368 e. The Morgan fingerprint density at radius 1 is 0.282 bits per heavy atom. The SMILES string of the molecule is NCCCc1nc(NCCN)nc(NCCCc2nc(NCCN)nc(NCCCc3nc(=NCCCc4nc(NCCN)nc(NCCCc5nc(NCCN)nc(NCCCc6nc(N)nc(NCCN)n6)n5)n4)nc(NCCN)[nH]3)n2)n1. The van der Waals surface area contributed by atoms with E-state index in [1.807, 2.05) is 0 Å². The fourth-order valence-corrected chi connectivity index (χ4v) is 7.68. The Morgan fingerprint density at radius 3 is 0.953 bits per heavy atom. The number of hydrogen-bond acceptors (Lipinski definition) is 36. The largest absolute Gasteiger partial charge is 0.368 e. The molecule has 0 atom stereocenters. The van der Waals surface area contributed by atoms with Crippen molar-refractivity contribution in [2.24, 2.45) is 45.1 Å². The Labute approximate surface area is 493 Å². The van der Waals surface area contributed by atoms with E-state index in [4.69, 9.17) is 65.8 Å². The van der Waals surface area contributed by atoms with Gasteiger partial charge in [-0.1, -0.05) is 0 Å². The number of aromatic nitrogens is 18. The molecule has 0 amide bonds. The zero-order chi connectivity index (χ0) is 60.1. The number of H-pyrrole nitrogens is 1. The van der Waals surface area contributed by atoms with E-state index in [0.29, 0.717) is 288 Å². The van der Waals surface area contributed by atoms with Crippen LogP contribution in [0.5, 0.6) is 0 Å². The monoisotopic (exact) mass is 1180 g/mol. The van der Waals surface area contributed by atoms with E-state index in [-0.39, 0.29) is 5.95 Å². The number of nitrogens with two attached hydrogens (primary N) is 8. The predicted octanol–water partition coefficient (Wildman–Crippen LogP) is -3.86. The number of aromatic amines is 1. The van der Waals surface area contributed by atoms with Gasteiger partial charge in [-0.2, -0.15) is 84.7 Å². The van der Waals surface area contributed by atoms with Crippen LogP contribution in [0.2, 0.25) is 0 Å². The van der Waals surface area contributed by atoms with E-state index in [1.54, 1.807) is 0 Å². The van der Waals surface area contributed by atoms with Gasteiger partial charge in [0.1, 0.15) is 34.9 Å². The molecule has 37 nitrogen and oxygen atoms in total. The highest BCUT2D eigenvalue weighted by Crippen LogP contribution is 2.14. The first-order chi connectivity index (χ1) is 41.7. The highest BCUT2D eigenvalue weighted by Gasteiger charge is 2.13. The predicted molar refractivity (Wildman–Crippen MR) is 329 cm³/mol. The first-order valence-electron chi connectivity index (χ1n) is 28.9. The van der Waals surface area contributed by atoms with Crippen molar-refractivity contribution in [2.75, 3.05) is 177 Å². The van der Waals surface area contributed by atoms with Crippen molar-refractivity contribution in [1.29, 1.82) is 0 Å². The molecule has 0 aliphatic heterocycles. The van der Waals surface area contributed by atoms with Gasteiger partial charge in [0.2, 0.25) is 71.0 Å². The van der Waals surface area contributed by atoms with Crippen molar-refractivity contribution in [3.63, 3.8) is 0 Å². The summed E-state index contributed by atoms with van der Waals surface area (Å²) < 4.78 is 0. The summed E-state index contributed by atoms with van der Waals surface area (Å²) in [4.78, 5) is 85.4. The van der Waals surface area contributed by atoms with Crippen LogP contribution in [-0.4, -0.2) is 208 Å². The van der Waals surface area contributed by atoms with Gasteiger partial charge >= 0.3 is 0 Å². The summed E-state index contributed by atoms with van der Waals surface area (Å²) in [5, 5.41) is 32.2. The lowest BCUT2D eigenvalue weighted by molar-refractivity contribution is 0.725. The van der Waals surface area contributed by atoms with Crippen LogP contribution in [-0.2, 0) is 38.5 Å². The van der Waals surface area contributed by atoms with Crippen LogP contribution in [0.15, 0.2) is 4.99 Å². The van der Waals surface area contributed by atoms with Gasteiger partial charge < -0.3 is 104 Å². The van der Waals surface area contributed by atoms with Crippen LogP contribution in [0.4, 0.5) is 65.4 Å². The molecule has 6 aromatic heterocycles. The summed E-state index contributed by atoms with van der Waals surface area (Å²) in [5.41, 5.74) is 46.4. The lowest BCUT2D eigenvalue weighted by Crippen LogP contribution is -2.23. The highest BCUT2D eigenvalue weighted by atomic mass is 15.3. The average molecular weight is 1180 g/mol. The van der Waals surface area contributed by atoms with E-state index in [2.05, 4.69) is 128 Å². The molecule has 0 unspecified atom stereocenters. The highest BCUT2D eigenvalue weighted by molar-refractivity contribution is 5.38. The maximum absolute atomic E-state index is 5.89. The van der Waals surface area contributed by atoms with Crippen LogP contribution < -0.4 is 105 Å². The van der Waals surface area contributed by atoms with E-state index < -0.39 is 0 Å². The molecule has 0 saturated heterocycles. The fraction of sp³-hybridized carbons (Fsp3) is 0.625. The Balaban J connectivity index is 1.000. The summed E-state index contributed by atoms with van der Waals surface area (Å²) in [6.07, 6.45) is 7.48. The number of aryl methyl sites for hydroxylation is 6. The molecule has 27 N–H and O–H groups in total. The van der Waals surface area contributed by atoms with Gasteiger partial charge in [-0.25, -0.2) is 4.99 Å². The third kappa shape index (κ3) is 25.4. The van der Waals surface area contributed by atoms with Crippen molar-refractivity contribution in [3.8, 4) is 0 Å². The third-order valence-electron chi connectivity index (χ3n) is 11.6. The number of rotatable bonds is 45. The first kappa shape index (κ1) is 65.5. The van der Waals surface area contributed by atoms with Gasteiger partial charge in [0.25, 0.3) is 0 Å². The lowest BCUT2D eigenvalue weighted by atomic mass is 10.3. The van der Waals surface area contributed by atoms with Crippen molar-refractivity contribution in [3.05, 3.63) is 40.6 Å². The summed E-state index contributed by atoms with van der Waals surface area (Å²) in [6, 6.07) is 0. The molecule has 0 radical (unpaired) electrons. The molecule has 0 saturated carbocycles. The Hall–Kier alpha value is -8.62. The third-order valence-corrected chi connectivity index (χ3v) is 11.6. The number of nitrogen functional groups attached to an aromatic ring is 1. The maximum Gasteiger partial charge on any atom is 0.249 e. The second-order valence-corrected chi connectivity index (χ2v) is 18.8. The summed E-state index contributed by atoms with van der Waals surface area (Å²) in [7, 11) is 0. The summed E-state index contributed by atoms with van der Waals surface area (Å²) >= 11 is 0. The Bertz CT molecular complexity index is 2900. The molecule has 0 fully saturated rings. The minimum atomic E-state index is 0.142. The molecule has 464 valence electrons. The molecule has 0 aliphatic rings. The van der Waals surface area contributed by atoms with Crippen molar-refractivity contribution in [2.45, 2.75) is 77.0 Å². The molecule has 85 heavy (non-hydrogen) atoms. The molecule has 6 rings (SSSR count). The molecule has 0 aromatic carbocycles. The first-order valence-corrected chi connectivity index (χ1v) is 28.9. The number of nitrogens with one attached hydrogen (secondary N) is 11. The van der Waals surface area contributed by atoms with Gasteiger partial charge in [0, 0.05) is 150 Å². The van der Waals surface area contributed by atoms with E-state index >= 15 is 0 Å². The molecule has 0 bridgehead atoms. The van der Waals surface area contributed by atoms with Gasteiger partial charge in [-0.3, -0.25) is 0 Å².